The quantitative estimate of drug-likeness (QED) is 0.195. The normalized spacial score (nSPS) is 11.1. The topological polar surface area (TPSA) is 60.1 Å². The largest absolute Gasteiger partial charge is 0.314 e. The fourth-order valence-electron chi connectivity index (χ4n) is 1.47. The third-order valence-corrected chi connectivity index (χ3v) is 2.83. The number of hydrogen-bond donors (Lipinski definition) is 5. The average molecular weight is 314 g/mol. The van der Waals surface area contributed by atoms with Crippen LogP contribution in [0.5, 0.6) is 0 Å². The summed E-state index contributed by atoms with van der Waals surface area (Å²) in [6.45, 7) is 9.70. The fourth-order valence-corrected chi connectivity index (χ4v) is 1.73. The zero-order valence-corrected chi connectivity index (χ0v) is 13.3. The molecule has 0 aliphatic rings. The minimum atomic E-state index is 0.677. The van der Waals surface area contributed by atoms with Gasteiger partial charge in [0, 0.05) is 77.2 Å². The van der Waals surface area contributed by atoms with Gasteiger partial charge in [0.2, 0.25) is 0 Å². The molecule has 0 spiro atoms. The van der Waals surface area contributed by atoms with Crippen LogP contribution in [-0.4, -0.2) is 77.2 Å². The minimum Gasteiger partial charge on any atom is -0.314 e. The van der Waals surface area contributed by atoms with Gasteiger partial charge < -0.3 is 26.6 Å². The Labute approximate surface area is 127 Å². The molecule has 0 unspecified atom stereocenters. The minimum absolute atomic E-state index is 0.677. The van der Waals surface area contributed by atoms with Crippen molar-refractivity contribution < 1.29 is 0 Å². The molecule has 0 bridgehead atoms. The lowest BCUT2D eigenvalue weighted by Crippen LogP contribution is -2.36. The number of hydrogen-bond acceptors (Lipinski definition) is 5. The maximum Gasteiger partial charge on any atom is 0.0348 e. The van der Waals surface area contributed by atoms with Gasteiger partial charge >= 0.3 is 0 Å². The lowest BCUT2D eigenvalue weighted by Gasteiger charge is -2.08. The van der Waals surface area contributed by atoms with E-state index in [1.807, 2.05) is 0 Å². The molecule has 0 aromatic heterocycles. The van der Waals surface area contributed by atoms with Crippen molar-refractivity contribution in [1.82, 2.24) is 26.6 Å². The highest BCUT2D eigenvalue weighted by Crippen LogP contribution is 1.69. The van der Waals surface area contributed by atoms with Crippen LogP contribution in [0.25, 0.3) is 0 Å². The third kappa shape index (κ3) is 18.4. The van der Waals surface area contributed by atoms with E-state index in [2.05, 4.69) is 26.6 Å². The molecule has 5 nitrogen and oxygen atoms in total. The van der Waals surface area contributed by atoms with Gasteiger partial charge in [-0.1, -0.05) is 0 Å². The van der Waals surface area contributed by atoms with Crippen molar-refractivity contribution in [3.63, 3.8) is 0 Å². The van der Waals surface area contributed by atoms with Crippen LogP contribution in [0, 0.1) is 0 Å². The van der Waals surface area contributed by atoms with Gasteiger partial charge in [-0.15, -0.1) is 23.2 Å². The van der Waals surface area contributed by atoms with Crippen molar-refractivity contribution in [3.05, 3.63) is 0 Å². The van der Waals surface area contributed by atoms with Crippen LogP contribution in [0.3, 0.4) is 0 Å². The predicted molar refractivity (Wildman–Crippen MR) is 85.8 cm³/mol. The first-order chi connectivity index (χ1) is 9.41. The van der Waals surface area contributed by atoms with Crippen molar-refractivity contribution in [2.45, 2.75) is 0 Å². The van der Waals surface area contributed by atoms with Crippen LogP contribution >= 0.6 is 23.2 Å². The number of nitrogens with one attached hydrogen (secondary N) is 5. The zero-order chi connectivity index (χ0) is 14.0. The van der Waals surface area contributed by atoms with E-state index in [0.29, 0.717) is 11.8 Å². The molecule has 116 valence electrons. The Morgan fingerprint density at radius 2 is 0.579 bits per heavy atom. The molecule has 0 atom stereocenters. The average Bonchev–Trinajstić information content (AvgIpc) is 2.43. The Kier molecular flexibility index (Phi) is 18.7. The molecule has 0 aromatic rings. The summed E-state index contributed by atoms with van der Waals surface area (Å²) in [6, 6.07) is 0. The highest BCUT2D eigenvalue weighted by Gasteiger charge is 1.90. The lowest BCUT2D eigenvalue weighted by molar-refractivity contribution is 0.563. The summed E-state index contributed by atoms with van der Waals surface area (Å²) in [5, 5.41) is 16.6. The highest BCUT2D eigenvalue weighted by atomic mass is 35.5. The fraction of sp³-hybridized carbons (Fsp3) is 1.00. The van der Waals surface area contributed by atoms with Gasteiger partial charge in [-0.05, 0) is 0 Å². The summed E-state index contributed by atoms with van der Waals surface area (Å²) in [7, 11) is 0. The molecule has 0 saturated carbocycles. The molecular formula is C12H29Cl2N5. The predicted octanol–water partition coefficient (Wildman–Crippen LogP) is -0.588. The summed E-state index contributed by atoms with van der Waals surface area (Å²) < 4.78 is 0. The third-order valence-electron chi connectivity index (χ3n) is 2.46. The molecule has 0 amide bonds. The van der Waals surface area contributed by atoms with Gasteiger partial charge in [0.1, 0.15) is 0 Å². The van der Waals surface area contributed by atoms with E-state index < -0.39 is 0 Å². The molecule has 0 saturated heterocycles. The summed E-state index contributed by atoms with van der Waals surface area (Å²) in [5.74, 6) is 1.35. The Morgan fingerprint density at radius 3 is 0.789 bits per heavy atom. The van der Waals surface area contributed by atoms with Gasteiger partial charge in [0.25, 0.3) is 0 Å². The molecule has 5 N–H and O–H groups in total. The first kappa shape index (κ1) is 19.4. The standard InChI is InChI=1S/C12H29Cl2N5/c13-1-3-15-5-7-17-9-11-19-12-10-18-8-6-16-4-2-14/h15-19H,1-12H2. The van der Waals surface area contributed by atoms with Gasteiger partial charge in [-0.25, -0.2) is 0 Å². The maximum atomic E-state index is 5.55. The van der Waals surface area contributed by atoms with Crippen LogP contribution < -0.4 is 26.6 Å². The summed E-state index contributed by atoms with van der Waals surface area (Å²) in [5.41, 5.74) is 0. The molecule has 0 aliphatic carbocycles. The second kappa shape index (κ2) is 18.4. The molecule has 0 rings (SSSR count). The van der Waals surface area contributed by atoms with E-state index in [4.69, 9.17) is 23.2 Å². The Hall–Kier alpha value is 0.380. The van der Waals surface area contributed by atoms with Gasteiger partial charge in [-0.3, -0.25) is 0 Å². The van der Waals surface area contributed by atoms with Crippen LogP contribution in [-0.2, 0) is 0 Å². The van der Waals surface area contributed by atoms with Crippen LogP contribution in [0.1, 0.15) is 0 Å². The van der Waals surface area contributed by atoms with Crippen LogP contribution in [0.15, 0.2) is 0 Å². The summed E-state index contributed by atoms with van der Waals surface area (Å²) in [4.78, 5) is 0. The van der Waals surface area contributed by atoms with Gasteiger partial charge in [0.15, 0.2) is 0 Å². The highest BCUT2D eigenvalue weighted by molar-refractivity contribution is 6.18. The molecule has 19 heavy (non-hydrogen) atoms. The van der Waals surface area contributed by atoms with Gasteiger partial charge in [-0.2, -0.15) is 0 Å². The monoisotopic (exact) mass is 313 g/mol. The zero-order valence-electron chi connectivity index (χ0n) is 11.7. The van der Waals surface area contributed by atoms with E-state index >= 15 is 0 Å². The second-order valence-corrected chi connectivity index (χ2v) is 4.88. The summed E-state index contributed by atoms with van der Waals surface area (Å²) in [6.07, 6.45) is 0. The van der Waals surface area contributed by atoms with E-state index in [1.165, 1.54) is 0 Å². The Bertz CT molecular complexity index is 147. The van der Waals surface area contributed by atoms with Crippen LogP contribution in [0.2, 0.25) is 0 Å². The molecule has 7 heteroatoms. The smallest absolute Gasteiger partial charge is 0.0348 e. The maximum absolute atomic E-state index is 5.55. The van der Waals surface area contributed by atoms with E-state index in [-0.39, 0.29) is 0 Å². The van der Waals surface area contributed by atoms with Crippen molar-refractivity contribution in [2.24, 2.45) is 0 Å². The van der Waals surface area contributed by atoms with Crippen molar-refractivity contribution in [3.8, 4) is 0 Å². The SMILES string of the molecule is ClCCNCCNCCNCCNCCNCCCl. The molecule has 0 aliphatic heterocycles. The Balaban J connectivity index is 2.88. The first-order valence-corrected chi connectivity index (χ1v) is 8.14. The molecule has 0 aromatic carbocycles. The number of halogens is 2. The number of alkyl halides is 2. The molecule has 0 heterocycles. The summed E-state index contributed by atoms with van der Waals surface area (Å²) >= 11 is 11.1. The van der Waals surface area contributed by atoms with Crippen molar-refractivity contribution in [2.75, 3.05) is 77.2 Å². The first-order valence-electron chi connectivity index (χ1n) is 7.07. The van der Waals surface area contributed by atoms with Crippen LogP contribution in [0.4, 0.5) is 0 Å². The lowest BCUT2D eigenvalue weighted by atomic mass is 10.5. The van der Waals surface area contributed by atoms with E-state index in [1.54, 1.807) is 0 Å². The van der Waals surface area contributed by atoms with E-state index in [9.17, 15) is 0 Å². The molecule has 0 radical (unpaired) electrons. The van der Waals surface area contributed by atoms with Crippen molar-refractivity contribution in [1.29, 1.82) is 0 Å². The van der Waals surface area contributed by atoms with Gasteiger partial charge in [0.05, 0.1) is 0 Å². The number of rotatable bonds is 16. The van der Waals surface area contributed by atoms with Crippen molar-refractivity contribution >= 4 is 23.2 Å². The second-order valence-electron chi connectivity index (χ2n) is 4.13. The molecular weight excluding hydrogens is 285 g/mol. The van der Waals surface area contributed by atoms with E-state index in [0.717, 1.165) is 65.4 Å². The Morgan fingerprint density at radius 1 is 0.368 bits per heavy atom. The molecule has 0 fully saturated rings.